The van der Waals surface area contributed by atoms with Crippen molar-refractivity contribution in [3.8, 4) is 5.75 Å². The van der Waals surface area contributed by atoms with Gasteiger partial charge in [0.1, 0.15) is 11.6 Å². The predicted molar refractivity (Wildman–Crippen MR) is 96.5 cm³/mol. The van der Waals surface area contributed by atoms with Gasteiger partial charge in [-0.05, 0) is 36.2 Å². The largest absolute Gasteiger partial charge is 0.497 e. The molecule has 0 aliphatic carbocycles. The summed E-state index contributed by atoms with van der Waals surface area (Å²) in [5.74, 6) is 0.769. The number of para-hydroxylation sites is 1. The third-order valence-electron chi connectivity index (χ3n) is 4.61. The maximum absolute atomic E-state index is 13.9. The van der Waals surface area contributed by atoms with E-state index in [1.807, 2.05) is 40.1 Å². The highest BCUT2D eigenvalue weighted by atomic mass is 19.1. The minimum absolute atomic E-state index is 0.156. The number of methoxy groups -OCH3 is 1. The summed E-state index contributed by atoms with van der Waals surface area (Å²) >= 11 is 0. The maximum Gasteiger partial charge on any atom is 0.223 e. The molecule has 1 fully saturated rings. The fraction of sp³-hybridized carbons (Fsp3) is 0.350. The first-order valence-electron chi connectivity index (χ1n) is 8.57. The number of hydrogen-bond donors (Lipinski definition) is 0. The molecule has 25 heavy (non-hydrogen) atoms. The second kappa shape index (κ2) is 8.01. The molecular formula is C20H23FN2O2. The van der Waals surface area contributed by atoms with Gasteiger partial charge in [-0.15, -0.1) is 0 Å². The van der Waals surface area contributed by atoms with Gasteiger partial charge in [-0.25, -0.2) is 4.39 Å². The Morgan fingerprint density at radius 2 is 1.72 bits per heavy atom. The average molecular weight is 342 g/mol. The monoisotopic (exact) mass is 342 g/mol. The molecule has 0 radical (unpaired) electrons. The molecule has 0 saturated carbocycles. The summed E-state index contributed by atoms with van der Waals surface area (Å²) in [4.78, 5) is 16.3. The van der Waals surface area contributed by atoms with Crippen molar-refractivity contribution in [2.75, 3.05) is 38.2 Å². The van der Waals surface area contributed by atoms with Gasteiger partial charge in [-0.3, -0.25) is 4.79 Å². The third kappa shape index (κ3) is 4.29. The Hall–Kier alpha value is -2.56. The average Bonchev–Trinajstić information content (AvgIpc) is 2.67. The van der Waals surface area contributed by atoms with Crippen LogP contribution in [0.3, 0.4) is 0 Å². The summed E-state index contributed by atoms with van der Waals surface area (Å²) in [5, 5.41) is 0. The van der Waals surface area contributed by atoms with E-state index in [-0.39, 0.29) is 11.7 Å². The van der Waals surface area contributed by atoms with E-state index in [4.69, 9.17) is 4.74 Å². The number of hydrogen-bond acceptors (Lipinski definition) is 3. The van der Waals surface area contributed by atoms with Crippen LogP contribution in [0.4, 0.5) is 10.1 Å². The number of rotatable bonds is 5. The first-order valence-corrected chi connectivity index (χ1v) is 8.57. The fourth-order valence-electron chi connectivity index (χ4n) is 3.11. The van der Waals surface area contributed by atoms with Crippen molar-refractivity contribution >= 4 is 11.6 Å². The van der Waals surface area contributed by atoms with Gasteiger partial charge in [0.05, 0.1) is 12.8 Å². The SMILES string of the molecule is COc1ccc(CCC(=O)N2CCN(c3ccccc3F)CC2)cc1. The van der Waals surface area contributed by atoms with E-state index >= 15 is 0 Å². The molecular weight excluding hydrogens is 319 g/mol. The van der Waals surface area contributed by atoms with Crippen molar-refractivity contribution in [1.82, 2.24) is 4.90 Å². The quantitative estimate of drug-likeness (QED) is 0.837. The van der Waals surface area contributed by atoms with Crippen LogP contribution in [0.25, 0.3) is 0 Å². The van der Waals surface area contributed by atoms with Gasteiger partial charge in [0.15, 0.2) is 0 Å². The molecule has 0 N–H and O–H groups in total. The number of anilines is 1. The number of halogens is 1. The third-order valence-corrected chi connectivity index (χ3v) is 4.61. The molecule has 4 nitrogen and oxygen atoms in total. The summed E-state index contributed by atoms with van der Waals surface area (Å²) in [6.45, 7) is 2.59. The zero-order valence-corrected chi connectivity index (χ0v) is 14.5. The topological polar surface area (TPSA) is 32.8 Å². The molecule has 3 rings (SSSR count). The van der Waals surface area contributed by atoms with Crippen LogP contribution in [0.15, 0.2) is 48.5 Å². The summed E-state index contributed by atoms with van der Waals surface area (Å²) in [6.07, 6.45) is 1.21. The summed E-state index contributed by atoms with van der Waals surface area (Å²) < 4.78 is 19.0. The Balaban J connectivity index is 1.49. The lowest BCUT2D eigenvalue weighted by molar-refractivity contribution is -0.131. The molecule has 5 heteroatoms. The van der Waals surface area contributed by atoms with Crippen molar-refractivity contribution in [3.05, 3.63) is 59.9 Å². The minimum atomic E-state index is -0.207. The lowest BCUT2D eigenvalue weighted by Crippen LogP contribution is -2.49. The normalized spacial score (nSPS) is 14.5. The number of ether oxygens (including phenoxy) is 1. The van der Waals surface area contributed by atoms with E-state index in [0.29, 0.717) is 38.3 Å². The van der Waals surface area contributed by atoms with Crippen LogP contribution in [0, 0.1) is 5.82 Å². The zero-order chi connectivity index (χ0) is 17.6. The van der Waals surface area contributed by atoms with Gasteiger partial charge in [0.2, 0.25) is 5.91 Å². The smallest absolute Gasteiger partial charge is 0.223 e. The molecule has 1 aliphatic heterocycles. The van der Waals surface area contributed by atoms with Gasteiger partial charge in [-0.2, -0.15) is 0 Å². The van der Waals surface area contributed by atoms with E-state index < -0.39 is 0 Å². The summed E-state index contributed by atoms with van der Waals surface area (Å²) in [5.41, 5.74) is 1.74. The lowest BCUT2D eigenvalue weighted by atomic mass is 10.1. The highest BCUT2D eigenvalue weighted by Crippen LogP contribution is 2.20. The molecule has 1 heterocycles. The second-order valence-corrected chi connectivity index (χ2v) is 6.17. The molecule has 2 aromatic rings. The molecule has 0 aromatic heterocycles. The standard InChI is InChI=1S/C20H23FN2O2/c1-25-17-9-6-16(7-10-17)8-11-20(24)23-14-12-22(13-15-23)19-5-3-2-4-18(19)21/h2-7,9-10H,8,11-15H2,1H3. The molecule has 1 aliphatic rings. The van der Waals surface area contributed by atoms with Crippen LogP contribution in [0.2, 0.25) is 0 Å². The van der Waals surface area contributed by atoms with Crippen LogP contribution in [0.1, 0.15) is 12.0 Å². The van der Waals surface area contributed by atoms with Crippen molar-refractivity contribution in [1.29, 1.82) is 0 Å². The van der Waals surface area contributed by atoms with Crippen molar-refractivity contribution in [2.24, 2.45) is 0 Å². The first-order chi connectivity index (χ1) is 12.2. The molecule has 1 saturated heterocycles. The highest BCUT2D eigenvalue weighted by Gasteiger charge is 2.22. The number of carbonyl (C=O) groups is 1. The van der Waals surface area contributed by atoms with Gasteiger partial charge < -0.3 is 14.5 Å². The second-order valence-electron chi connectivity index (χ2n) is 6.17. The van der Waals surface area contributed by atoms with Crippen LogP contribution in [-0.2, 0) is 11.2 Å². The fourth-order valence-corrected chi connectivity index (χ4v) is 3.11. The van der Waals surface area contributed by atoms with E-state index in [2.05, 4.69) is 0 Å². The van der Waals surface area contributed by atoms with E-state index in [1.54, 1.807) is 19.2 Å². The highest BCUT2D eigenvalue weighted by molar-refractivity contribution is 5.76. The Morgan fingerprint density at radius 1 is 1.04 bits per heavy atom. The van der Waals surface area contributed by atoms with Gasteiger partial charge in [-0.1, -0.05) is 24.3 Å². The number of nitrogens with zero attached hydrogens (tertiary/aromatic N) is 2. The van der Waals surface area contributed by atoms with Crippen molar-refractivity contribution in [2.45, 2.75) is 12.8 Å². The van der Waals surface area contributed by atoms with Crippen molar-refractivity contribution in [3.63, 3.8) is 0 Å². The van der Waals surface area contributed by atoms with E-state index in [9.17, 15) is 9.18 Å². The lowest BCUT2D eigenvalue weighted by Gasteiger charge is -2.36. The maximum atomic E-state index is 13.9. The van der Waals surface area contributed by atoms with Gasteiger partial charge in [0, 0.05) is 32.6 Å². The molecule has 0 unspecified atom stereocenters. The Morgan fingerprint density at radius 3 is 2.36 bits per heavy atom. The number of benzene rings is 2. The Bertz CT molecular complexity index is 710. The first kappa shape index (κ1) is 17.3. The van der Waals surface area contributed by atoms with Gasteiger partial charge in [0.25, 0.3) is 0 Å². The number of carbonyl (C=O) groups excluding carboxylic acids is 1. The summed E-state index contributed by atoms with van der Waals surface area (Å²) in [7, 11) is 1.64. The number of aryl methyl sites for hydroxylation is 1. The molecule has 1 amide bonds. The Kier molecular flexibility index (Phi) is 5.53. The van der Waals surface area contributed by atoms with Crippen LogP contribution < -0.4 is 9.64 Å². The number of amides is 1. The van der Waals surface area contributed by atoms with E-state index in [1.165, 1.54) is 6.07 Å². The molecule has 132 valence electrons. The van der Waals surface area contributed by atoms with Crippen LogP contribution in [0.5, 0.6) is 5.75 Å². The molecule has 0 spiro atoms. The Labute approximate surface area is 147 Å². The number of piperazine rings is 1. The summed E-state index contributed by atoms with van der Waals surface area (Å²) in [6, 6.07) is 14.6. The molecule has 0 bridgehead atoms. The molecule has 0 atom stereocenters. The minimum Gasteiger partial charge on any atom is -0.497 e. The predicted octanol–water partition coefficient (Wildman–Crippen LogP) is 3.12. The van der Waals surface area contributed by atoms with E-state index in [0.717, 1.165) is 17.7 Å². The van der Waals surface area contributed by atoms with Crippen LogP contribution >= 0.6 is 0 Å². The zero-order valence-electron chi connectivity index (χ0n) is 14.5. The van der Waals surface area contributed by atoms with Gasteiger partial charge >= 0.3 is 0 Å². The van der Waals surface area contributed by atoms with Crippen molar-refractivity contribution < 1.29 is 13.9 Å². The molecule has 2 aromatic carbocycles. The van der Waals surface area contributed by atoms with Crippen LogP contribution in [-0.4, -0.2) is 44.1 Å².